The number of nitrogens with one attached hydrogen (secondary N) is 1. The van der Waals surface area contributed by atoms with Crippen LogP contribution in [0.3, 0.4) is 0 Å². The Labute approximate surface area is 179 Å². The molecule has 0 saturated heterocycles. The maximum atomic E-state index is 12.9. The zero-order valence-corrected chi connectivity index (χ0v) is 17.6. The monoisotopic (exact) mass is 466 g/mol. The van der Waals surface area contributed by atoms with Crippen molar-refractivity contribution in [3.63, 3.8) is 0 Å². The van der Waals surface area contributed by atoms with Gasteiger partial charge in [-0.3, -0.25) is 4.98 Å². The number of nitrogens with two attached hydrogens (primary N) is 2. The van der Waals surface area contributed by atoms with Gasteiger partial charge in [-0.1, -0.05) is 0 Å². The van der Waals surface area contributed by atoms with Crippen LogP contribution in [0.25, 0.3) is 0 Å². The van der Waals surface area contributed by atoms with Gasteiger partial charge in [0.25, 0.3) is 0 Å². The zero-order valence-electron chi connectivity index (χ0n) is 16.9. The third-order valence-corrected chi connectivity index (χ3v) is 2.65. The summed E-state index contributed by atoms with van der Waals surface area (Å²) in [6.07, 6.45) is -0.0831. The highest BCUT2D eigenvalue weighted by atomic mass is 35.5. The van der Waals surface area contributed by atoms with Crippen molar-refractivity contribution in [2.45, 2.75) is 39.9 Å². The number of H-pyrrole nitrogens is 1. The highest BCUT2D eigenvalue weighted by Gasteiger charge is 2.13. The van der Waals surface area contributed by atoms with Gasteiger partial charge in [-0.2, -0.15) is 14.5 Å². The molecule has 0 fully saturated rings. The number of aromatic amines is 1. The normalized spacial score (nSPS) is 9.84. The Morgan fingerprint density at radius 3 is 2.03 bits per heavy atom. The molecule has 172 valence electrons. The topological polar surface area (TPSA) is 185 Å². The zero-order chi connectivity index (χ0) is 24.3. The first-order chi connectivity index (χ1) is 14.2. The quantitative estimate of drug-likeness (QED) is 0.549. The fourth-order valence-electron chi connectivity index (χ4n) is 1.41. The third-order valence-electron chi connectivity index (χ3n) is 2.56. The molecule has 5 N–H and O–H groups in total. The molecular formula is C16H21ClF2N6O6. The Kier molecular flexibility index (Phi) is 11.4. The number of carbonyl (C=O) groups excluding carboxylic acids is 2. The maximum absolute atomic E-state index is 12.9. The van der Waals surface area contributed by atoms with E-state index in [2.05, 4.69) is 19.4 Å². The Morgan fingerprint density at radius 2 is 1.65 bits per heavy atom. The second-order valence-corrected chi connectivity index (χ2v) is 6.22. The summed E-state index contributed by atoms with van der Waals surface area (Å²) in [4.78, 5) is 50.5. The van der Waals surface area contributed by atoms with Crippen molar-refractivity contribution in [2.24, 2.45) is 0 Å². The van der Waals surface area contributed by atoms with Crippen molar-refractivity contribution in [1.29, 1.82) is 0 Å². The number of rotatable bonds is 2. The molecular weight excluding hydrogens is 446 g/mol. The van der Waals surface area contributed by atoms with Crippen molar-refractivity contribution in [1.82, 2.24) is 19.5 Å². The van der Waals surface area contributed by atoms with Gasteiger partial charge in [0.15, 0.2) is 17.5 Å². The standard InChI is InChI=1S/C8H10FN3O3.C4H7ClO2.C4H4FN3O/c1-4(2)15-8(14)12-3-5(9)6(10)11-7(12)13;1-3(2)7-4(5)6;5-2-1-7-4(9)8-3(2)6/h3-4H,1-2H3,(H2,10,11,13);3H,1-2H3;1H,(H3,6,7,8,9). The van der Waals surface area contributed by atoms with Crippen LogP contribution in [-0.2, 0) is 9.47 Å². The molecule has 0 unspecified atom stereocenters. The van der Waals surface area contributed by atoms with E-state index in [4.69, 9.17) is 23.1 Å². The Bertz CT molecular complexity index is 1010. The molecule has 0 aliphatic carbocycles. The lowest BCUT2D eigenvalue weighted by molar-refractivity contribution is 0.115. The Balaban J connectivity index is 0.000000479. The molecule has 15 heteroatoms. The minimum Gasteiger partial charge on any atom is -0.451 e. The van der Waals surface area contributed by atoms with E-state index in [1.807, 2.05) is 4.98 Å². The molecule has 0 aromatic carbocycles. The number of hydrogen-bond acceptors (Lipinski definition) is 10. The van der Waals surface area contributed by atoms with Crippen LogP contribution in [0.2, 0.25) is 0 Å². The first kappa shape index (κ1) is 27.5. The van der Waals surface area contributed by atoms with Crippen LogP contribution in [0.1, 0.15) is 27.7 Å². The SMILES string of the molecule is CC(C)OC(=O)Cl.CC(C)OC(=O)n1cc(F)c(N)nc1=O.Nc1[nH]c(=O)ncc1F. The van der Waals surface area contributed by atoms with E-state index in [0.717, 1.165) is 6.20 Å². The highest BCUT2D eigenvalue weighted by Crippen LogP contribution is 2.02. The third kappa shape index (κ3) is 11.3. The van der Waals surface area contributed by atoms with Gasteiger partial charge in [0, 0.05) is 11.6 Å². The lowest BCUT2D eigenvalue weighted by atomic mass is 10.5. The van der Waals surface area contributed by atoms with Crippen molar-refractivity contribution < 1.29 is 27.8 Å². The number of carbonyl (C=O) groups is 2. The summed E-state index contributed by atoms with van der Waals surface area (Å²) in [5.74, 6) is -2.49. The second-order valence-electron chi connectivity index (χ2n) is 5.91. The van der Waals surface area contributed by atoms with Crippen LogP contribution < -0.4 is 22.8 Å². The number of nitrogen functional groups attached to an aromatic ring is 2. The summed E-state index contributed by atoms with van der Waals surface area (Å²) >= 11 is 4.81. The van der Waals surface area contributed by atoms with Crippen LogP contribution >= 0.6 is 11.6 Å². The molecule has 0 aliphatic rings. The molecule has 2 heterocycles. The molecule has 2 aromatic rings. The van der Waals surface area contributed by atoms with E-state index in [1.54, 1.807) is 27.7 Å². The Morgan fingerprint density at radius 1 is 1.10 bits per heavy atom. The summed E-state index contributed by atoms with van der Waals surface area (Å²) in [5.41, 5.74) is 7.63. The van der Waals surface area contributed by atoms with Crippen molar-refractivity contribution >= 4 is 34.8 Å². The molecule has 2 rings (SSSR count). The number of nitrogens with zero attached hydrogens (tertiary/aromatic N) is 3. The van der Waals surface area contributed by atoms with Crippen LogP contribution in [0.4, 0.5) is 30.0 Å². The predicted molar refractivity (Wildman–Crippen MR) is 107 cm³/mol. The molecule has 0 bridgehead atoms. The number of halogens is 3. The smallest absolute Gasteiger partial charge is 0.422 e. The maximum Gasteiger partial charge on any atom is 0.422 e. The van der Waals surface area contributed by atoms with E-state index < -0.39 is 46.5 Å². The van der Waals surface area contributed by atoms with Crippen molar-refractivity contribution in [2.75, 3.05) is 11.5 Å². The predicted octanol–water partition coefficient (Wildman–Crippen LogP) is 1.62. The van der Waals surface area contributed by atoms with Gasteiger partial charge in [-0.15, -0.1) is 0 Å². The van der Waals surface area contributed by atoms with Crippen molar-refractivity contribution in [3.05, 3.63) is 45.0 Å². The van der Waals surface area contributed by atoms with Gasteiger partial charge in [-0.25, -0.2) is 28.0 Å². The average Bonchev–Trinajstić information content (AvgIpc) is 2.61. The lowest BCUT2D eigenvalue weighted by Gasteiger charge is -2.08. The second kappa shape index (κ2) is 12.9. The minimum atomic E-state index is -0.985. The molecule has 31 heavy (non-hydrogen) atoms. The van der Waals surface area contributed by atoms with E-state index in [-0.39, 0.29) is 11.9 Å². The number of aromatic nitrogens is 4. The van der Waals surface area contributed by atoms with Gasteiger partial charge in [0.1, 0.15) is 5.82 Å². The first-order valence-corrected chi connectivity index (χ1v) is 8.74. The molecule has 0 aliphatic heterocycles. The number of ether oxygens (including phenoxy) is 2. The van der Waals surface area contributed by atoms with E-state index in [9.17, 15) is 28.0 Å². The molecule has 12 nitrogen and oxygen atoms in total. The average molecular weight is 467 g/mol. The van der Waals surface area contributed by atoms with Crippen LogP contribution in [0, 0.1) is 11.6 Å². The van der Waals surface area contributed by atoms with Crippen molar-refractivity contribution in [3.8, 4) is 0 Å². The van der Waals surface area contributed by atoms with Crippen LogP contribution in [0.15, 0.2) is 22.0 Å². The van der Waals surface area contributed by atoms with Crippen LogP contribution in [0.5, 0.6) is 0 Å². The molecule has 0 atom stereocenters. The molecule has 0 amide bonds. The number of hydrogen-bond donors (Lipinski definition) is 3. The fraction of sp³-hybridized carbons (Fsp3) is 0.375. The summed E-state index contributed by atoms with van der Waals surface area (Å²) in [6.45, 7) is 6.68. The van der Waals surface area contributed by atoms with Gasteiger partial charge in [0.2, 0.25) is 0 Å². The van der Waals surface area contributed by atoms with Gasteiger partial charge in [0.05, 0.1) is 24.6 Å². The first-order valence-electron chi connectivity index (χ1n) is 8.36. The van der Waals surface area contributed by atoms with Gasteiger partial charge < -0.3 is 20.9 Å². The van der Waals surface area contributed by atoms with Crippen LogP contribution in [-0.4, -0.2) is 43.2 Å². The summed E-state index contributed by atoms with van der Waals surface area (Å²) in [6, 6.07) is 0. The summed E-state index contributed by atoms with van der Waals surface area (Å²) < 4.78 is 34.5. The highest BCUT2D eigenvalue weighted by molar-refractivity contribution is 6.61. The number of anilines is 2. The molecule has 0 spiro atoms. The minimum absolute atomic E-state index is 0.106. The largest absolute Gasteiger partial charge is 0.451 e. The Hall–Kier alpha value is -3.55. The van der Waals surface area contributed by atoms with E-state index in [0.29, 0.717) is 10.8 Å². The van der Waals surface area contributed by atoms with E-state index in [1.165, 1.54) is 0 Å². The van der Waals surface area contributed by atoms with Gasteiger partial charge >= 0.3 is 22.9 Å². The van der Waals surface area contributed by atoms with Gasteiger partial charge in [-0.05, 0) is 27.7 Å². The van der Waals surface area contributed by atoms with E-state index >= 15 is 0 Å². The molecule has 2 aromatic heterocycles. The summed E-state index contributed by atoms with van der Waals surface area (Å²) in [5, 5.41) is 0. The summed E-state index contributed by atoms with van der Waals surface area (Å²) in [7, 11) is 0. The fourth-order valence-corrected chi connectivity index (χ4v) is 1.59. The molecule has 0 saturated carbocycles. The molecule has 0 radical (unpaired) electrons. The lowest BCUT2D eigenvalue weighted by Crippen LogP contribution is -2.32.